The fourth-order valence-electron chi connectivity index (χ4n) is 2.14. The number of hydrogen-bond acceptors (Lipinski definition) is 5. The molecule has 2 aromatic rings. The van der Waals surface area contributed by atoms with Crippen molar-refractivity contribution in [2.75, 3.05) is 13.7 Å². The Morgan fingerprint density at radius 2 is 1.95 bits per heavy atom. The zero-order chi connectivity index (χ0) is 15.9. The standard InChI is InChI=1S/C17H20N2O2S/c1-3-21-17(20)16(15(18)13-8-5-4-6-9-13)19(2)12-14-10-7-11-22-14/h4-11H,3,12,18H2,1-2H3. The third kappa shape index (κ3) is 3.89. The number of thiophene rings is 1. The molecule has 0 fully saturated rings. The summed E-state index contributed by atoms with van der Waals surface area (Å²) >= 11 is 1.64. The van der Waals surface area contributed by atoms with E-state index in [0.29, 0.717) is 24.5 Å². The van der Waals surface area contributed by atoms with Crippen LogP contribution in [0.4, 0.5) is 0 Å². The first-order valence-electron chi connectivity index (χ1n) is 7.09. The van der Waals surface area contributed by atoms with Gasteiger partial charge >= 0.3 is 5.97 Å². The molecule has 0 bridgehead atoms. The number of carbonyl (C=O) groups is 1. The van der Waals surface area contributed by atoms with Gasteiger partial charge in [0, 0.05) is 11.9 Å². The number of nitrogens with zero attached hydrogens (tertiary/aromatic N) is 1. The minimum atomic E-state index is -0.400. The fourth-order valence-corrected chi connectivity index (χ4v) is 2.90. The smallest absolute Gasteiger partial charge is 0.356 e. The van der Waals surface area contributed by atoms with Crippen LogP contribution in [0.5, 0.6) is 0 Å². The summed E-state index contributed by atoms with van der Waals surface area (Å²) in [6, 6.07) is 13.5. The molecular formula is C17H20N2O2S. The number of nitrogens with two attached hydrogens (primary N) is 1. The van der Waals surface area contributed by atoms with Crippen molar-refractivity contribution >= 4 is 23.0 Å². The molecule has 0 aliphatic carbocycles. The van der Waals surface area contributed by atoms with Crippen molar-refractivity contribution in [3.05, 3.63) is 64.0 Å². The minimum absolute atomic E-state index is 0.317. The quantitative estimate of drug-likeness (QED) is 0.657. The molecule has 22 heavy (non-hydrogen) atoms. The van der Waals surface area contributed by atoms with Gasteiger partial charge < -0.3 is 15.4 Å². The van der Waals surface area contributed by atoms with Gasteiger partial charge in [0.05, 0.1) is 18.8 Å². The Balaban J connectivity index is 2.35. The van der Waals surface area contributed by atoms with Crippen LogP contribution in [0.2, 0.25) is 0 Å². The molecule has 0 spiro atoms. The summed E-state index contributed by atoms with van der Waals surface area (Å²) in [5, 5.41) is 2.01. The second-order valence-corrected chi connectivity index (χ2v) is 5.82. The fraction of sp³-hybridized carbons (Fsp3) is 0.235. The molecule has 5 heteroatoms. The lowest BCUT2D eigenvalue weighted by molar-refractivity contribution is -0.140. The van der Waals surface area contributed by atoms with Crippen molar-refractivity contribution in [2.45, 2.75) is 13.5 Å². The maximum Gasteiger partial charge on any atom is 0.356 e. The van der Waals surface area contributed by atoms with Gasteiger partial charge in [0.2, 0.25) is 0 Å². The van der Waals surface area contributed by atoms with E-state index in [2.05, 4.69) is 0 Å². The second-order valence-electron chi connectivity index (χ2n) is 4.78. The van der Waals surface area contributed by atoms with Gasteiger partial charge in [-0.25, -0.2) is 4.79 Å². The van der Waals surface area contributed by atoms with E-state index in [1.54, 1.807) is 18.3 Å². The Kier molecular flexibility index (Phi) is 5.61. The van der Waals surface area contributed by atoms with Crippen LogP contribution in [0.1, 0.15) is 17.4 Å². The number of hydrogen-bond donors (Lipinski definition) is 1. The number of likely N-dealkylation sites (N-methyl/N-ethyl adjacent to an activating group) is 1. The van der Waals surface area contributed by atoms with Crippen LogP contribution in [0, 0.1) is 0 Å². The molecule has 0 radical (unpaired) electrons. The molecule has 1 aromatic carbocycles. The van der Waals surface area contributed by atoms with Gasteiger partial charge in [-0.15, -0.1) is 11.3 Å². The highest BCUT2D eigenvalue weighted by Gasteiger charge is 2.21. The molecule has 0 amide bonds. The topological polar surface area (TPSA) is 55.6 Å². The van der Waals surface area contributed by atoms with E-state index in [4.69, 9.17) is 10.5 Å². The van der Waals surface area contributed by atoms with Crippen LogP contribution in [0.15, 0.2) is 53.5 Å². The van der Waals surface area contributed by atoms with Crippen molar-refractivity contribution in [3.63, 3.8) is 0 Å². The van der Waals surface area contributed by atoms with Crippen LogP contribution >= 0.6 is 11.3 Å². The molecule has 2 N–H and O–H groups in total. The predicted octanol–water partition coefficient (Wildman–Crippen LogP) is 3.07. The van der Waals surface area contributed by atoms with Gasteiger partial charge in [-0.05, 0) is 23.9 Å². The Bertz CT molecular complexity index is 636. The maximum absolute atomic E-state index is 12.3. The Morgan fingerprint density at radius 1 is 1.23 bits per heavy atom. The van der Waals surface area contributed by atoms with Crippen molar-refractivity contribution < 1.29 is 9.53 Å². The third-order valence-electron chi connectivity index (χ3n) is 3.16. The van der Waals surface area contributed by atoms with E-state index in [9.17, 15) is 4.79 Å². The molecule has 2 rings (SSSR count). The number of carbonyl (C=O) groups excluding carboxylic acids is 1. The molecule has 0 atom stereocenters. The van der Waals surface area contributed by atoms with Crippen LogP contribution in [-0.2, 0) is 16.1 Å². The lowest BCUT2D eigenvalue weighted by Crippen LogP contribution is -2.28. The maximum atomic E-state index is 12.3. The lowest BCUT2D eigenvalue weighted by Gasteiger charge is -2.22. The van der Waals surface area contributed by atoms with Gasteiger partial charge in [0.25, 0.3) is 0 Å². The molecule has 0 aliphatic rings. The molecule has 116 valence electrons. The van der Waals surface area contributed by atoms with Crippen LogP contribution in [0.25, 0.3) is 5.70 Å². The van der Waals surface area contributed by atoms with E-state index >= 15 is 0 Å². The molecule has 0 saturated heterocycles. The highest BCUT2D eigenvalue weighted by atomic mass is 32.1. The first-order valence-corrected chi connectivity index (χ1v) is 7.97. The third-order valence-corrected chi connectivity index (χ3v) is 4.02. The molecule has 0 aliphatic heterocycles. The van der Waals surface area contributed by atoms with Gasteiger partial charge in [0.15, 0.2) is 0 Å². The summed E-state index contributed by atoms with van der Waals surface area (Å²) in [7, 11) is 1.85. The van der Waals surface area contributed by atoms with Gasteiger partial charge in [0.1, 0.15) is 5.70 Å². The van der Waals surface area contributed by atoms with Crippen molar-refractivity contribution in [3.8, 4) is 0 Å². The first-order chi connectivity index (χ1) is 10.6. The van der Waals surface area contributed by atoms with E-state index in [0.717, 1.165) is 10.4 Å². The van der Waals surface area contributed by atoms with E-state index in [1.807, 2.05) is 59.8 Å². The van der Waals surface area contributed by atoms with E-state index < -0.39 is 5.97 Å². The summed E-state index contributed by atoms with van der Waals surface area (Å²) < 4.78 is 5.17. The predicted molar refractivity (Wildman–Crippen MR) is 90.0 cm³/mol. The SMILES string of the molecule is CCOC(=O)C(=C(N)c1ccccc1)N(C)Cc1cccs1. The second kappa shape index (κ2) is 7.66. The number of rotatable bonds is 6. The molecule has 4 nitrogen and oxygen atoms in total. The van der Waals surface area contributed by atoms with Gasteiger partial charge in [-0.1, -0.05) is 36.4 Å². The molecule has 1 heterocycles. The number of esters is 1. The Morgan fingerprint density at radius 3 is 2.55 bits per heavy atom. The zero-order valence-corrected chi connectivity index (χ0v) is 13.6. The lowest BCUT2D eigenvalue weighted by atomic mass is 10.1. The number of benzene rings is 1. The average Bonchev–Trinajstić information content (AvgIpc) is 3.01. The van der Waals surface area contributed by atoms with E-state index in [-0.39, 0.29) is 0 Å². The van der Waals surface area contributed by atoms with Crippen LogP contribution < -0.4 is 5.73 Å². The van der Waals surface area contributed by atoms with Crippen molar-refractivity contribution in [1.82, 2.24) is 4.90 Å². The van der Waals surface area contributed by atoms with Crippen LogP contribution in [0.3, 0.4) is 0 Å². The molecule has 0 saturated carbocycles. The highest BCUT2D eigenvalue weighted by Crippen LogP contribution is 2.20. The van der Waals surface area contributed by atoms with E-state index in [1.165, 1.54) is 0 Å². The monoisotopic (exact) mass is 316 g/mol. The summed E-state index contributed by atoms with van der Waals surface area (Å²) in [4.78, 5) is 15.3. The van der Waals surface area contributed by atoms with Gasteiger partial charge in [-0.3, -0.25) is 0 Å². The summed E-state index contributed by atoms with van der Waals surface area (Å²) in [6.07, 6.45) is 0. The molecule has 1 aromatic heterocycles. The summed E-state index contributed by atoms with van der Waals surface area (Å²) in [6.45, 7) is 2.71. The zero-order valence-electron chi connectivity index (χ0n) is 12.8. The average molecular weight is 316 g/mol. The summed E-state index contributed by atoms with van der Waals surface area (Å²) in [5.41, 5.74) is 7.87. The first kappa shape index (κ1) is 16.1. The van der Waals surface area contributed by atoms with Crippen molar-refractivity contribution in [2.24, 2.45) is 5.73 Å². The van der Waals surface area contributed by atoms with Crippen molar-refractivity contribution in [1.29, 1.82) is 0 Å². The van der Waals surface area contributed by atoms with Crippen LogP contribution in [-0.4, -0.2) is 24.5 Å². The largest absolute Gasteiger partial charge is 0.461 e. The Labute approximate surface area is 134 Å². The summed E-state index contributed by atoms with van der Waals surface area (Å²) in [5.74, 6) is -0.400. The molecular weight excluding hydrogens is 296 g/mol. The molecule has 0 unspecified atom stereocenters. The minimum Gasteiger partial charge on any atom is -0.461 e. The van der Waals surface area contributed by atoms with Gasteiger partial charge in [-0.2, -0.15) is 0 Å². The Hall–Kier alpha value is -2.27. The number of ether oxygens (including phenoxy) is 1. The highest BCUT2D eigenvalue weighted by molar-refractivity contribution is 7.09. The normalized spacial score (nSPS) is 11.7.